The first-order valence-electron chi connectivity index (χ1n) is 8.62. The van der Waals surface area contributed by atoms with Gasteiger partial charge in [0.2, 0.25) is 5.89 Å². The van der Waals surface area contributed by atoms with Crippen molar-refractivity contribution in [1.82, 2.24) is 15.0 Å². The smallest absolute Gasteiger partial charge is 0.229 e. The molecule has 2 heterocycles. The van der Waals surface area contributed by atoms with E-state index in [1.165, 1.54) is 19.3 Å². The molecule has 4 rings (SSSR count). The van der Waals surface area contributed by atoms with Gasteiger partial charge in [0.05, 0.1) is 0 Å². The monoisotopic (exact) mass is 313 g/mol. The van der Waals surface area contributed by atoms with E-state index in [1.807, 2.05) is 30.3 Å². The summed E-state index contributed by atoms with van der Waals surface area (Å²) < 4.78 is 11.2. The second kappa shape index (κ2) is 6.71. The molecule has 0 amide bonds. The summed E-state index contributed by atoms with van der Waals surface area (Å²) in [5, 5.41) is 4.22. The van der Waals surface area contributed by atoms with Crippen molar-refractivity contribution in [3.63, 3.8) is 0 Å². The fourth-order valence-electron chi connectivity index (χ4n) is 3.19. The van der Waals surface area contributed by atoms with Crippen molar-refractivity contribution in [2.45, 2.75) is 37.5 Å². The van der Waals surface area contributed by atoms with Crippen LogP contribution in [0.25, 0.3) is 0 Å². The van der Waals surface area contributed by atoms with E-state index in [0.29, 0.717) is 11.8 Å². The van der Waals surface area contributed by atoms with E-state index in [-0.39, 0.29) is 0 Å². The van der Waals surface area contributed by atoms with Crippen LogP contribution in [0.5, 0.6) is 5.75 Å². The Balaban J connectivity index is 1.28. The highest BCUT2D eigenvalue weighted by Crippen LogP contribution is 2.39. The molecule has 1 atom stereocenters. The van der Waals surface area contributed by atoms with Gasteiger partial charge in [0.1, 0.15) is 12.4 Å². The third-order valence-corrected chi connectivity index (χ3v) is 4.67. The minimum Gasteiger partial charge on any atom is -0.492 e. The van der Waals surface area contributed by atoms with E-state index in [2.05, 4.69) is 15.0 Å². The van der Waals surface area contributed by atoms with Crippen LogP contribution in [0.4, 0.5) is 0 Å². The van der Waals surface area contributed by atoms with Gasteiger partial charge in [0, 0.05) is 24.9 Å². The fourth-order valence-corrected chi connectivity index (χ4v) is 3.19. The highest BCUT2D eigenvalue weighted by Gasteiger charge is 2.32. The first-order valence-corrected chi connectivity index (χ1v) is 8.62. The lowest BCUT2D eigenvalue weighted by molar-refractivity contribution is 0.167. The van der Waals surface area contributed by atoms with Crippen LogP contribution >= 0.6 is 0 Å². The molecule has 0 N–H and O–H groups in total. The third-order valence-electron chi connectivity index (χ3n) is 4.67. The molecule has 0 radical (unpaired) electrons. The van der Waals surface area contributed by atoms with Crippen molar-refractivity contribution in [2.75, 3.05) is 26.2 Å². The Morgan fingerprint density at radius 3 is 2.83 bits per heavy atom. The van der Waals surface area contributed by atoms with Crippen LogP contribution in [0.3, 0.4) is 0 Å². The normalized spacial score (nSPS) is 22.2. The lowest BCUT2D eigenvalue weighted by Gasteiger charge is -2.30. The Labute approximate surface area is 136 Å². The zero-order valence-corrected chi connectivity index (χ0v) is 13.4. The molecule has 2 aliphatic rings. The predicted molar refractivity (Wildman–Crippen MR) is 86.6 cm³/mol. The number of ether oxygens (including phenoxy) is 1. The molecule has 122 valence electrons. The fraction of sp³-hybridized carbons (Fsp3) is 0.556. The number of hydrogen-bond donors (Lipinski definition) is 0. The number of hydrogen-bond acceptors (Lipinski definition) is 5. The van der Waals surface area contributed by atoms with Crippen LogP contribution in [0.2, 0.25) is 0 Å². The third kappa shape index (κ3) is 3.72. The average molecular weight is 313 g/mol. The van der Waals surface area contributed by atoms with Crippen LogP contribution in [0.15, 0.2) is 34.9 Å². The largest absolute Gasteiger partial charge is 0.492 e. The van der Waals surface area contributed by atoms with Crippen molar-refractivity contribution in [3.05, 3.63) is 42.0 Å². The summed E-state index contributed by atoms with van der Waals surface area (Å²) >= 11 is 0. The van der Waals surface area contributed by atoms with Gasteiger partial charge in [-0.05, 0) is 44.4 Å². The lowest BCUT2D eigenvalue weighted by Crippen LogP contribution is -2.37. The molecular formula is C18H23N3O2. The Kier molecular flexibility index (Phi) is 4.28. The molecule has 2 aromatic rings. The summed E-state index contributed by atoms with van der Waals surface area (Å²) in [6.45, 7) is 3.79. The number of para-hydroxylation sites is 1. The summed E-state index contributed by atoms with van der Waals surface area (Å²) in [6, 6.07) is 10.00. The number of aromatic nitrogens is 2. The molecule has 23 heavy (non-hydrogen) atoms. The highest BCUT2D eigenvalue weighted by molar-refractivity contribution is 5.20. The van der Waals surface area contributed by atoms with Gasteiger partial charge in [-0.25, -0.2) is 0 Å². The quantitative estimate of drug-likeness (QED) is 0.819. The van der Waals surface area contributed by atoms with Gasteiger partial charge >= 0.3 is 0 Å². The van der Waals surface area contributed by atoms with E-state index in [1.54, 1.807) is 0 Å². The average Bonchev–Trinajstić information content (AvgIpc) is 3.33. The van der Waals surface area contributed by atoms with Gasteiger partial charge in [0.25, 0.3) is 0 Å². The van der Waals surface area contributed by atoms with Crippen molar-refractivity contribution in [1.29, 1.82) is 0 Å². The van der Waals surface area contributed by atoms with Crippen molar-refractivity contribution in [3.8, 4) is 5.75 Å². The molecule has 1 saturated carbocycles. The zero-order valence-electron chi connectivity index (χ0n) is 13.4. The minimum absolute atomic E-state index is 0.400. The van der Waals surface area contributed by atoms with Crippen LogP contribution in [-0.2, 0) is 0 Å². The molecular weight excluding hydrogens is 290 g/mol. The summed E-state index contributed by atoms with van der Waals surface area (Å²) in [4.78, 5) is 7.07. The van der Waals surface area contributed by atoms with Gasteiger partial charge in [-0.2, -0.15) is 4.98 Å². The van der Waals surface area contributed by atoms with Crippen molar-refractivity contribution < 1.29 is 9.26 Å². The van der Waals surface area contributed by atoms with Crippen LogP contribution in [-0.4, -0.2) is 41.3 Å². The molecule has 0 unspecified atom stereocenters. The Hall–Kier alpha value is -1.88. The Bertz CT molecular complexity index is 624. The summed E-state index contributed by atoms with van der Waals surface area (Å²) in [5.41, 5.74) is 0. The van der Waals surface area contributed by atoms with E-state index in [4.69, 9.17) is 9.26 Å². The minimum atomic E-state index is 0.400. The SMILES string of the molecule is c1ccc(OCCN2CCC[C@H](c3noc(C4CC4)n3)C2)cc1. The number of likely N-dealkylation sites (tertiary alicyclic amines) is 1. The van der Waals surface area contributed by atoms with Crippen molar-refractivity contribution >= 4 is 0 Å². The van der Waals surface area contributed by atoms with E-state index in [0.717, 1.165) is 50.1 Å². The molecule has 1 aliphatic carbocycles. The maximum atomic E-state index is 5.80. The second-order valence-electron chi connectivity index (χ2n) is 6.57. The molecule has 1 saturated heterocycles. The van der Waals surface area contributed by atoms with Gasteiger partial charge in [-0.3, -0.25) is 4.90 Å². The Morgan fingerprint density at radius 2 is 2.00 bits per heavy atom. The molecule has 2 fully saturated rings. The molecule has 1 aromatic heterocycles. The van der Waals surface area contributed by atoms with Crippen LogP contribution < -0.4 is 4.74 Å². The number of nitrogens with zero attached hydrogens (tertiary/aromatic N) is 3. The van der Waals surface area contributed by atoms with Gasteiger partial charge in [0.15, 0.2) is 5.82 Å². The molecule has 1 aromatic carbocycles. The van der Waals surface area contributed by atoms with Gasteiger partial charge < -0.3 is 9.26 Å². The van der Waals surface area contributed by atoms with Crippen LogP contribution in [0, 0.1) is 0 Å². The second-order valence-corrected chi connectivity index (χ2v) is 6.57. The van der Waals surface area contributed by atoms with Crippen molar-refractivity contribution in [2.24, 2.45) is 0 Å². The zero-order chi connectivity index (χ0) is 15.5. The summed E-state index contributed by atoms with van der Waals surface area (Å²) in [5.74, 6) is 3.63. The van der Waals surface area contributed by atoms with Crippen LogP contribution in [0.1, 0.15) is 49.2 Å². The number of rotatable bonds is 6. The lowest BCUT2D eigenvalue weighted by atomic mass is 9.97. The maximum absolute atomic E-state index is 5.80. The van der Waals surface area contributed by atoms with E-state index < -0.39 is 0 Å². The molecule has 0 bridgehead atoms. The molecule has 1 aliphatic heterocycles. The highest BCUT2D eigenvalue weighted by atomic mass is 16.5. The van der Waals surface area contributed by atoms with E-state index >= 15 is 0 Å². The first-order chi connectivity index (χ1) is 11.4. The molecule has 5 nitrogen and oxygen atoms in total. The first kappa shape index (κ1) is 14.7. The maximum Gasteiger partial charge on any atom is 0.229 e. The Morgan fingerprint density at radius 1 is 1.13 bits per heavy atom. The molecule has 5 heteroatoms. The van der Waals surface area contributed by atoms with Gasteiger partial charge in [-0.1, -0.05) is 23.4 Å². The topological polar surface area (TPSA) is 51.4 Å². The number of piperidine rings is 1. The predicted octanol–water partition coefficient (Wildman–Crippen LogP) is 3.21. The summed E-state index contributed by atoms with van der Waals surface area (Å²) in [6.07, 6.45) is 4.74. The summed E-state index contributed by atoms with van der Waals surface area (Å²) in [7, 11) is 0. The van der Waals surface area contributed by atoms with Gasteiger partial charge in [-0.15, -0.1) is 0 Å². The standard InChI is InChI=1S/C18H23N3O2/c1-2-6-16(7-3-1)22-12-11-21-10-4-5-15(13-21)17-19-18(23-20-17)14-8-9-14/h1-3,6-7,14-15H,4-5,8-13H2/t15-/m0/s1. The molecule has 0 spiro atoms. The van der Waals surface area contributed by atoms with E-state index in [9.17, 15) is 0 Å². The number of benzene rings is 1.